The zero-order chi connectivity index (χ0) is 17.1. The molecule has 2 aromatic rings. The average Bonchev–Trinajstić information content (AvgIpc) is 2.97. The van der Waals surface area contributed by atoms with E-state index in [0.29, 0.717) is 18.7 Å². The Balaban J connectivity index is 1.65. The van der Waals surface area contributed by atoms with Crippen LogP contribution in [0.2, 0.25) is 0 Å². The van der Waals surface area contributed by atoms with Crippen LogP contribution < -0.4 is 21.5 Å². The number of anilines is 2. The van der Waals surface area contributed by atoms with Crippen molar-refractivity contribution in [3.8, 4) is 0 Å². The second kappa shape index (κ2) is 6.53. The third-order valence-corrected chi connectivity index (χ3v) is 3.75. The summed E-state index contributed by atoms with van der Waals surface area (Å²) in [6.07, 6.45) is 2.68. The zero-order valence-corrected chi connectivity index (χ0v) is 12.8. The van der Waals surface area contributed by atoms with E-state index in [9.17, 15) is 19.2 Å². The van der Waals surface area contributed by atoms with Gasteiger partial charge >= 0.3 is 5.69 Å². The Bertz CT molecular complexity index is 882. The average molecular weight is 328 g/mol. The number of hydrogen-bond acceptors (Lipinski definition) is 4. The third kappa shape index (κ3) is 3.43. The van der Waals surface area contributed by atoms with E-state index in [4.69, 9.17) is 0 Å². The lowest BCUT2D eigenvalue weighted by atomic mass is 10.2. The molecule has 0 atom stereocenters. The smallest absolute Gasteiger partial charge is 0.325 e. The van der Waals surface area contributed by atoms with Crippen LogP contribution in [0, 0.1) is 0 Å². The number of hydrogen-bond donors (Lipinski definition) is 2. The van der Waals surface area contributed by atoms with Gasteiger partial charge in [-0.3, -0.25) is 23.9 Å². The molecule has 2 N–H and O–H groups in total. The molecule has 1 fully saturated rings. The van der Waals surface area contributed by atoms with Crippen molar-refractivity contribution in [1.29, 1.82) is 0 Å². The van der Waals surface area contributed by atoms with Crippen molar-refractivity contribution >= 4 is 23.2 Å². The molecule has 0 aliphatic carbocycles. The van der Waals surface area contributed by atoms with Crippen LogP contribution in [-0.4, -0.2) is 27.9 Å². The number of benzene rings is 1. The van der Waals surface area contributed by atoms with Crippen molar-refractivity contribution in [1.82, 2.24) is 9.55 Å². The van der Waals surface area contributed by atoms with Gasteiger partial charge in [-0.2, -0.15) is 0 Å². The van der Waals surface area contributed by atoms with E-state index in [0.717, 1.165) is 16.7 Å². The van der Waals surface area contributed by atoms with Crippen LogP contribution in [0.5, 0.6) is 0 Å². The molecule has 2 heterocycles. The number of aromatic nitrogens is 2. The molecule has 1 saturated heterocycles. The molecule has 8 nitrogen and oxygen atoms in total. The van der Waals surface area contributed by atoms with Gasteiger partial charge in [0, 0.05) is 36.6 Å². The van der Waals surface area contributed by atoms with Crippen molar-refractivity contribution in [2.24, 2.45) is 0 Å². The number of rotatable bonds is 4. The molecule has 8 heteroatoms. The summed E-state index contributed by atoms with van der Waals surface area (Å²) in [5, 5.41) is 2.67. The van der Waals surface area contributed by atoms with Crippen molar-refractivity contribution in [2.75, 3.05) is 16.8 Å². The summed E-state index contributed by atoms with van der Waals surface area (Å²) < 4.78 is 1.11. The molecule has 0 radical (unpaired) electrons. The highest BCUT2D eigenvalue weighted by Crippen LogP contribution is 2.22. The maximum Gasteiger partial charge on any atom is 0.328 e. The number of H-pyrrole nitrogens is 1. The molecule has 1 aromatic heterocycles. The van der Waals surface area contributed by atoms with E-state index in [-0.39, 0.29) is 12.5 Å². The van der Waals surface area contributed by atoms with Gasteiger partial charge in [-0.15, -0.1) is 0 Å². The minimum Gasteiger partial charge on any atom is -0.325 e. The minimum absolute atomic E-state index is 0.101. The highest BCUT2D eigenvalue weighted by atomic mass is 16.2. The predicted molar refractivity (Wildman–Crippen MR) is 88.0 cm³/mol. The van der Waals surface area contributed by atoms with E-state index in [1.807, 2.05) is 0 Å². The molecule has 2 amide bonds. The number of amides is 2. The molecule has 1 aromatic carbocycles. The van der Waals surface area contributed by atoms with Gasteiger partial charge in [0.15, 0.2) is 0 Å². The van der Waals surface area contributed by atoms with Crippen molar-refractivity contribution in [3.05, 3.63) is 57.4 Å². The Kier molecular flexibility index (Phi) is 4.28. The topological polar surface area (TPSA) is 104 Å². The highest BCUT2D eigenvalue weighted by molar-refractivity contribution is 5.96. The molecular formula is C16H16N4O4. The van der Waals surface area contributed by atoms with E-state index in [1.54, 1.807) is 29.2 Å². The van der Waals surface area contributed by atoms with E-state index in [2.05, 4.69) is 10.3 Å². The van der Waals surface area contributed by atoms with Crippen LogP contribution in [0.25, 0.3) is 0 Å². The number of aromatic amines is 1. The first-order valence-corrected chi connectivity index (χ1v) is 7.53. The summed E-state index contributed by atoms with van der Waals surface area (Å²) >= 11 is 0. The molecule has 0 unspecified atom stereocenters. The summed E-state index contributed by atoms with van der Waals surface area (Å²) in [4.78, 5) is 50.0. The van der Waals surface area contributed by atoms with E-state index in [1.165, 1.54) is 12.3 Å². The lowest BCUT2D eigenvalue weighted by molar-refractivity contribution is -0.117. The van der Waals surface area contributed by atoms with Gasteiger partial charge in [0.1, 0.15) is 6.54 Å². The lowest BCUT2D eigenvalue weighted by Crippen LogP contribution is -2.32. The van der Waals surface area contributed by atoms with E-state index < -0.39 is 17.2 Å². The molecule has 1 aliphatic rings. The van der Waals surface area contributed by atoms with Crippen LogP contribution in [-0.2, 0) is 16.1 Å². The van der Waals surface area contributed by atoms with Crippen LogP contribution in [0.1, 0.15) is 12.8 Å². The first kappa shape index (κ1) is 15.7. The molecule has 124 valence electrons. The fraction of sp³-hybridized carbons (Fsp3) is 0.250. The first-order chi connectivity index (χ1) is 11.5. The number of carbonyl (C=O) groups excluding carboxylic acids is 2. The Hall–Kier alpha value is -3.16. The third-order valence-electron chi connectivity index (χ3n) is 3.75. The minimum atomic E-state index is -0.638. The molecular weight excluding hydrogens is 312 g/mol. The molecule has 3 rings (SSSR count). The van der Waals surface area contributed by atoms with Crippen LogP contribution in [0.3, 0.4) is 0 Å². The number of nitrogens with one attached hydrogen (secondary N) is 2. The second-order valence-corrected chi connectivity index (χ2v) is 5.48. The quantitative estimate of drug-likeness (QED) is 0.842. The van der Waals surface area contributed by atoms with Gasteiger partial charge in [0.25, 0.3) is 5.56 Å². The van der Waals surface area contributed by atoms with Crippen molar-refractivity contribution < 1.29 is 9.59 Å². The van der Waals surface area contributed by atoms with E-state index >= 15 is 0 Å². The maximum atomic E-state index is 12.0. The molecule has 24 heavy (non-hydrogen) atoms. The number of nitrogens with zero attached hydrogens (tertiary/aromatic N) is 2. The SMILES string of the molecule is O=C(Cn1ccc(=O)[nH]c1=O)Nc1ccc(N2CCCC2=O)cc1. The molecule has 0 bridgehead atoms. The van der Waals surface area contributed by atoms with Crippen LogP contribution in [0.4, 0.5) is 11.4 Å². The maximum absolute atomic E-state index is 12.0. The van der Waals surface area contributed by atoms with Gasteiger partial charge in [0.05, 0.1) is 0 Å². The Labute approximate surface area is 136 Å². The zero-order valence-electron chi connectivity index (χ0n) is 12.8. The van der Waals surface area contributed by atoms with Crippen LogP contribution >= 0.6 is 0 Å². The molecule has 0 spiro atoms. The fourth-order valence-corrected chi connectivity index (χ4v) is 2.57. The summed E-state index contributed by atoms with van der Waals surface area (Å²) in [7, 11) is 0. The summed E-state index contributed by atoms with van der Waals surface area (Å²) in [6, 6.07) is 8.12. The van der Waals surface area contributed by atoms with Gasteiger partial charge < -0.3 is 10.2 Å². The van der Waals surface area contributed by atoms with Gasteiger partial charge in [0.2, 0.25) is 11.8 Å². The molecule has 0 saturated carbocycles. The van der Waals surface area contributed by atoms with Gasteiger partial charge in [-0.1, -0.05) is 0 Å². The summed E-state index contributed by atoms with van der Waals surface area (Å²) in [6.45, 7) is 0.502. The van der Waals surface area contributed by atoms with Crippen molar-refractivity contribution in [3.63, 3.8) is 0 Å². The predicted octanol–water partition coefficient (Wildman–Crippen LogP) is 0.302. The summed E-state index contributed by atoms with van der Waals surface area (Å²) in [5.41, 5.74) is 0.212. The lowest BCUT2D eigenvalue weighted by Gasteiger charge is -2.16. The Morgan fingerprint density at radius 1 is 1.12 bits per heavy atom. The Morgan fingerprint density at radius 2 is 1.88 bits per heavy atom. The highest BCUT2D eigenvalue weighted by Gasteiger charge is 2.21. The fourth-order valence-electron chi connectivity index (χ4n) is 2.57. The monoisotopic (exact) mass is 328 g/mol. The van der Waals surface area contributed by atoms with Gasteiger partial charge in [-0.25, -0.2) is 4.79 Å². The normalized spacial score (nSPS) is 14.0. The standard InChI is InChI=1S/C16H16N4O4/c21-13-7-9-19(16(24)18-13)10-14(22)17-11-3-5-12(6-4-11)20-8-1-2-15(20)23/h3-7,9H,1-2,8,10H2,(H,17,22)(H,18,21,24). The first-order valence-electron chi connectivity index (χ1n) is 7.53. The summed E-state index contributed by atoms with van der Waals surface area (Å²) in [5.74, 6) is -0.293. The van der Waals surface area contributed by atoms with Crippen LogP contribution in [0.15, 0.2) is 46.1 Å². The largest absolute Gasteiger partial charge is 0.328 e. The molecule has 1 aliphatic heterocycles. The Morgan fingerprint density at radius 3 is 2.50 bits per heavy atom. The number of carbonyl (C=O) groups is 2. The van der Waals surface area contributed by atoms with Crippen molar-refractivity contribution in [2.45, 2.75) is 19.4 Å². The second-order valence-electron chi connectivity index (χ2n) is 5.48. The van der Waals surface area contributed by atoms with Gasteiger partial charge in [-0.05, 0) is 30.7 Å².